The molecule has 0 aliphatic heterocycles. The van der Waals surface area contributed by atoms with E-state index in [4.69, 9.17) is 4.74 Å². The number of aryl methyl sites for hydroxylation is 2. The predicted molar refractivity (Wildman–Crippen MR) is 110 cm³/mol. The lowest BCUT2D eigenvalue weighted by atomic mass is 9.79. The minimum atomic E-state index is -0.604. The maximum Gasteiger partial charge on any atom is 0.317 e. The Morgan fingerprint density at radius 2 is 1.71 bits per heavy atom. The summed E-state index contributed by atoms with van der Waals surface area (Å²) in [5.74, 6) is -0.459. The summed E-state index contributed by atoms with van der Waals surface area (Å²) in [5, 5.41) is 0. The summed E-state index contributed by atoms with van der Waals surface area (Å²) in [7, 11) is 1.75. The highest BCUT2D eigenvalue weighted by atomic mass is 16.5. The van der Waals surface area contributed by atoms with Crippen LogP contribution in [0, 0.1) is 13.8 Å². The molecule has 1 saturated carbocycles. The van der Waals surface area contributed by atoms with Gasteiger partial charge in [-0.2, -0.15) is 0 Å². The Kier molecular flexibility index (Phi) is 6.18. The van der Waals surface area contributed by atoms with Crippen LogP contribution in [0.3, 0.4) is 0 Å². The third-order valence-corrected chi connectivity index (χ3v) is 5.83. The van der Waals surface area contributed by atoms with E-state index in [1.807, 2.05) is 49.4 Å². The van der Waals surface area contributed by atoms with Crippen molar-refractivity contribution >= 4 is 11.9 Å². The van der Waals surface area contributed by atoms with Crippen LogP contribution in [0.4, 0.5) is 0 Å². The fraction of sp³-hybridized carbons (Fsp3) is 0.417. The first kappa shape index (κ1) is 20.1. The molecule has 148 valence electrons. The van der Waals surface area contributed by atoms with E-state index in [2.05, 4.69) is 13.0 Å². The van der Waals surface area contributed by atoms with Crippen molar-refractivity contribution in [2.24, 2.45) is 0 Å². The number of benzene rings is 2. The Bertz CT molecular complexity index is 838. The average Bonchev–Trinajstić information content (AvgIpc) is 3.20. The summed E-state index contributed by atoms with van der Waals surface area (Å²) in [5.41, 5.74) is 3.85. The van der Waals surface area contributed by atoms with Crippen LogP contribution < -0.4 is 0 Å². The maximum absolute atomic E-state index is 13.0. The minimum Gasteiger partial charge on any atom is -0.455 e. The van der Waals surface area contributed by atoms with E-state index in [0.717, 1.165) is 42.4 Å². The summed E-state index contributed by atoms with van der Waals surface area (Å²) >= 11 is 0. The molecule has 0 aromatic heterocycles. The van der Waals surface area contributed by atoms with Crippen LogP contribution in [0.1, 0.15) is 47.9 Å². The number of likely N-dealkylation sites (N-methyl/N-ethyl adjacent to an activating group) is 1. The van der Waals surface area contributed by atoms with E-state index in [0.29, 0.717) is 6.54 Å². The Labute approximate surface area is 167 Å². The van der Waals surface area contributed by atoms with Crippen molar-refractivity contribution in [3.63, 3.8) is 0 Å². The van der Waals surface area contributed by atoms with Gasteiger partial charge in [0.1, 0.15) is 0 Å². The van der Waals surface area contributed by atoms with Crippen molar-refractivity contribution in [1.29, 1.82) is 0 Å². The first-order chi connectivity index (χ1) is 13.4. The zero-order valence-corrected chi connectivity index (χ0v) is 17.0. The summed E-state index contributed by atoms with van der Waals surface area (Å²) in [6.45, 7) is 4.39. The zero-order valence-electron chi connectivity index (χ0n) is 17.0. The molecule has 28 heavy (non-hydrogen) atoms. The lowest BCUT2D eigenvalue weighted by Gasteiger charge is -2.27. The molecule has 0 saturated heterocycles. The molecular weight excluding hydrogens is 350 g/mol. The molecule has 3 rings (SSSR count). The molecule has 1 fully saturated rings. The zero-order chi connectivity index (χ0) is 20.1. The van der Waals surface area contributed by atoms with Gasteiger partial charge in [0, 0.05) is 13.6 Å². The highest BCUT2D eigenvalue weighted by Crippen LogP contribution is 2.42. The predicted octanol–water partition coefficient (Wildman–Crippen LogP) is 4.32. The van der Waals surface area contributed by atoms with Crippen molar-refractivity contribution in [2.75, 3.05) is 13.7 Å². The van der Waals surface area contributed by atoms with E-state index in [1.54, 1.807) is 11.9 Å². The van der Waals surface area contributed by atoms with Gasteiger partial charge in [-0.1, -0.05) is 66.9 Å². The third kappa shape index (κ3) is 4.27. The largest absolute Gasteiger partial charge is 0.455 e. The molecule has 0 bridgehead atoms. The van der Waals surface area contributed by atoms with Crippen LogP contribution in [0.15, 0.2) is 48.5 Å². The molecule has 2 aromatic carbocycles. The van der Waals surface area contributed by atoms with Gasteiger partial charge >= 0.3 is 5.97 Å². The first-order valence-electron chi connectivity index (χ1n) is 9.95. The number of ether oxygens (including phenoxy) is 1. The normalized spacial score (nSPS) is 15.2. The average molecular weight is 380 g/mol. The molecule has 4 nitrogen and oxygen atoms in total. The second-order valence-electron chi connectivity index (χ2n) is 7.91. The lowest BCUT2D eigenvalue weighted by Crippen LogP contribution is -2.38. The number of carbonyl (C=O) groups is 2. The van der Waals surface area contributed by atoms with Gasteiger partial charge in [-0.05, 0) is 43.4 Å². The molecule has 0 spiro atoms. The van der Waals surface area contributed by atoms with Gasteiger partial charge in [-0.25, -0.2) is 0 Å². The number of rotatable bonds is 6. The van der Waals surface area contributed by atoms with Gasteiger partial charge in [-0.3, -0.25) is 9.59 Å². The number of nitrogens with zero attached hydrogens (tertiary/aromatic N) is 1. The van der Waals surface area contributed by atoms with Gasteiger partial charge in [0.2, 0.25) is 0 Å². The Hall–Kier alpha value is -2.62. The molecule has 1 aliphatic carbocycles. The van der Waals surface area contributed by atoms with Crippen molar-refractivity contribution in [3.8, 4) is 0 Å². The Morgan fingerprint density at radius 3 is 2.36 bits per heavy atom. The van der Waals surface area contributed by atoms with Gasteiger partial charge in [0.05, 0.1) is 5.41 Å². The minimum absolute atomic E-state index is 0.186. The fourth-order valence-corrected chi connectivity index (χ4v) is 4.09. The smallest absolute Gasteiger partial charge is 0.317 e. The summed E-state index contributed by atoms with van der Waals surface area (Å²) in [6, 6.07) is 16.0. The molecule has 0 N–H and O–H groups in total. The monoisotopic (exact) mass is 379 g/mol. The maximum atomic E-state index is 13.0. The molecule has 1 amide bonds. The molecule has 1 aliphatic rings. The Balaban J connectivity index is 1.62. The number of hydrogen-bond acceptors (Lipinski definition) is 3. The Morgan fingerprint density at radius 1 is 1.04 bits per heavy atom. The molecule has 0 heterocycles. The first-order valence-corrected chi connectivity index (χ1v) is 9.95. The number of amides is 1. The summed E-state index contributed by atoms with van der Waals surface area (Å²) in [4.78, 5) is 27.1. The molecular formula is C24H29NO3. The highest BCUT2D eigenvalue weighted by Gasteiger charge is 2.44. The molecule has 0 radical (unpaired) electrons. The topological polar surface area (TPSA) is 46.6 Å². The van der Waals surface area contributed by atoms with Crippen molar-refractivity contribution in [3.05, 3.63) is 70.8 Å². The second-order valence-corrected chi connectivity index (χ2v) is 7.91. The van der Waals surface area contributed by atoms with Crippen molar-refractivity contribution in [1.82, 2.24) is 4.90 Å². The lowest BCUT2D eigenvalue weighted by molar-refractivity contribution is -0.156. The third-order valence-electron chi connectivity index (χ3n) is 5.83. The standard InChI is InChI=1S/C24H29NO3/c1-18-11-12-20(19(2)15-18)16-25(3)22(26)17-28-23(27)24(13-7-8-14-24)21-9-5-4-6-10-21/h4-6,9-12,15H,7-8,13-14,16-17H2,1-3H3. The second kappa shape index (κ2) is 8.59. The van der Waals surface area contributed by atoms with Crippen LogP contribution in [0.2, 0.25) is 0 Å². The van der Waals surface area contributed by atoms with Crippen molar-refractivity contribution < 1.29 is 14.3 Å². The quantitative estimate of drug-likeness (QED) is 0.703. The van der Waals surface area contributed by atoms with Crippen LogP contribution in [0.5, 0.6) is 0 Å². The molecule has 0 atom stereocenters. The highest BCUT2D eigenvalue weighted by molar-refractivity contribution is 5.86. The van der Waals surface area contributed by atoms with Crippen LogP contribution in [0.25, 0.3) is 0 Å². The van der Waals surface area contributed by atoms with E-state index in [9.17, 15) is 9.59 Å². The summed E-state index contributed by atoms with van der Waals surface area (Å²) < 4.78 is 5.52. The van der Waals surface area contributed by atoms with Crippen LogP contribution in [-0.2, 0) is 26.3 Å². The number of hydrogen-bond donors (Lipinski definition) is 0. The summed E-state index contributed by atoms with van der Waals surface area (Å²) in [6.07, 6.45) is 3.57. The van der Waals surface area contributed by atoms with E-state index < -0.39 is 5.41 Å². The molecule has 2 aromatic rings. The van der Waals surface area contributed by atoms with Crippen LogP contribution >= 0.6 is 0 Å². The van der Waals surface area contributed by atoms with E-state index in [1.165, 1.54) is 5.56 Å². The number of esters is 1. The molecule has 0 unspecified atom stereocenters. The van der Waals surface area contributed by atoms with E-state index in [-0.39, 0.29) is 18.5 Å². The van der Waals surface area contributed by atoms with Gasteiger partial charge < -0.3 is 9.64 Å². The van der Waals surface area contributed by atoms with Crippen molar-refractivity contribution in [2.45, 2.75) is 51.5 Å². The van der Waals surface area contributed by atoms with E-state index >= 15 is 0 Å². The number of carbonyl (C=O) groups excluding carboxylic acids is 2. The SMILES string of the molecule is Cc1ccc(CN(C)C(=O)COC(=O)C2(c3ccccc3)CCCC2)c(C)c1. The van der Waals surface area contributed by atoms with Gasteiger partial charge in [-0.15, -0.1) is 0 Å². The fourth-order valence-electron chi connectivity index (χ4n) is 4.09. The van der Waals surface area contributed by atoms with Crippen LogP contribution in [-0.4, -0.2) is 30.4 Å². The van der Waals surface area contributed by atoms with Gasteiger partial charge in [0.25, 0.3) is 5.91 Å². The molecule has 4 heteroatoms. The van der Waals surface area contributed by atoms with Gasteiger partial charge in [0.15, 0.2) is 6.61 Å².